The molecule has 1 heteroatoms. The van der Waals surface area contributed by atoms with Gasteiger partial charge in [0.2, 0.25) is 0 Å². The Bertz CT molecular complexity index is 236. The predicted molar refractivity (Wildman–Crippen MR) is 45.8 cm³/mol. The molecule has 0 spiro atoms. The van der Waals surface area contributed by atoms with Gasteiger partial charge >= 0.3 is 0 Å². The second-order valence-electron chi connectivity index (χ2n) is 2.33. The van der Waals surface area contributed by atoms with Crippen LogP contribution in [-0.4, -0.2) is 0 Å². The summed E-state index contributed by atoms with van der Waals surface area (Å²) in [6, 6.07) is 9.07. The molecule has 0 heterocycles. The zero-order valence-electron chi connectivity index (χ0n) is 6.55. The van der Waals surface area contributed by atoms with E-state index in [0.29, 0.717) is 5.56 Å². The van der Waals surface area contributed by atoms with E-state index in [2.05, 4.69) is 0 Å². The van der Waals surface area contributed by atoms with Gasteiger partial charge in [0.25, 0.3) is 0 Å². The first-order valence-corrected chi connectivity index (χ1v) is 3.75. The summed E-state index contributed by atoms with van der Waals surface area (Å²) in [6.07, 6.45) is 2.32. The summed E-state index contributed by atoms with van der Waals surface area (Å²) >= 11 is 0. The van der Waals surface area contributed by atoms with Crippen molar-refractivity contribution in [3.8, 4) is 0 Å². The van der Waals surface area contributed by atoms with Crippen LogP contribution in [0.4, 0.5) is 4.39 Å². The van der Waals surface area contributed by atoms with E-state index in [9.17, 15) is 4.39 Å². The van der Waals surface area contributed by atoms with E-state index in [-0.39, 0.29) is 5.83 Å². The highest BCUT2D eigenvalue weighted by atomic mass is 19.1. The summed E-state index contributed by atoms with van der Waals surface area (Å²) in [6.45, 7) is 1.92. The van der Waals surface area contributed by atoms with Gasteiger partial charge in [-0.15, -0.1) is 0 Å². The van der Waals surface area contributed by atoms with Crippen molar-refractivity contribution in [2.24, 2.45) is 0 Å². The molecule has 0 N–H and O–H groups in total. The van der Waals surface area contributed by atoms with E-state index in [0.717, 1.165) is 6.42 Å². The molecule has 1 aromatic carbocycles. The molecule has 0 aliphatic heterocycles. The van der Waals surface area contributed by atoms with Gasteiger partial charge in [0, 0.05) is 5.56 Å². The predicted octanol–water partition coefficient (Wildman–Crippen LogP) is 3.41. The molecule has 0 amide bonds. The molecular weight excluding hydrogens is 139 g/mol. The van der Waals surface area contributed by atoms with Gasteiger partial charge in [-0.25, -0.2) is 4.39 Å². The average Bonchev–Trinajstić information content (AvgIpc) is 2.07. The Kier molecular flexibility index (Phi) is 2.84. The lowest BCUT2D eigenvalue weighted by Gasteiger charge is -1.94. The molecule has 0 saturated carbocycles. The van der Waals surface area contributed by atoms with Crippen molar-refractivity contribution in [3.05, 3.63) is 42.0 Å². The summed E-state index contributed by atoms with van der Waals surface area (Å²) in [5.41, 5.74) is 0.661. The number of rotatable bonds is 2. The molecule has 0 fully saturated rings. The Labute approximate surface area is 66.4 Å². The van der Waals surface area contributed by atoms with Gasteiger partial charge in [0.1, 0.15) is 5.83 Å². The van der Waals surface area contributed by atoms with Crippen LogP contribution >= 0.6 is 0 Å². The highest BCUT2D eigenvalue weighted by Gasteiger charge is 1.94. The van der Waals surface area contributed by atoms with E-state index in [1.165, 1.54) is 0 Å². The fraction of sp³-hybridized carbons (Fsp3) is 0.200. The molecule has 0 radical (unpaired) electrons. The van der Waals surface area contributed by atoms with Gasteiger partial charge in [0.05, 0.1) is 0 Å². The zero-order chi connectivity index (χ0) is 8.10. The molecule has 0 aromatic heterocycles. The number of allylic oxidation sites excluding steroid dienone is 1. The second kappa shape index (κ2) is 3.91. The van der Waals surface area contributed by atoms with E-state index in [1.807, 2.05) is 25.1 Å². The Balaban J connectivity index is 2.85. The van der Waals surface area contributed by atoms with E-state index < -0.39 is 0 Å². The molecule has 0 bridgehead atoms. The van der Waals surface area contributed by atoms with Gasteiger partial charge in [-0.05, 0) is 12.5 Å². The molecule has 0 saturated heterocycles. The standard InChI is InChI=1S/C10H11F/c1-2-6-10(11)9-7-4-3-5-8-9/h3-8H,2H2,1H3. The average molecular weight is 150 g/mol. The van der Waals surface area contributed by atoms with E-state index in [4.69, 9.17) is 0 Å². The van der Waals surface area contributed by atoms with Gasteiger partial charge < -0.3 is 0 Å². The SMILES string of the molecule is CCC=C(F)c1ccccc1. The van der Waals surface area contributed by atoms with Crippen molar-refractivity contribution < 1.29 is 4.39 Å². The first kappa shape index (κ1) is 7.99. The van der Waals surface area contributed by atoms with Crippen LogP contribution in [0.15, 0.2) is 36.4 Å². The molecule has 0 nitrogen and oxygen atoms in total. The van der Waals surface area contributed by atoms with Gasteiger partial charge in [-0.3, -0.25) is 0 Å². The van der Waals surface area contributed by atoms with Crippen LogP contribution in [0.2, 0.25) is 0 Å². The summed E-state index contributed by atoms with van der Waals surface area (Å²) in [4.78, 5) is 0. The molecule has 0 unspecified atom stereocenters. The van der Waals surface area contributed by atoms with Crippen molar-refractivity contribution in [2.45, 2.75) is 13.3 Å². The van der Waals surface area contributed by atoms with Crippen LogP contribution in [-0.2, 0) is 0 Å². The molecule has 0 atom stereocenters. The number of hydrogen-bond donors (Lipinski definition) is 0. The number of benzene rings is 1. The molecule has 1 aromatic rings. The largest absolute Gasteiger partial charge is 0.207 e. The van der Waals surface area contributed by atoms with Crippen LogP contribution in [0.3, 0.4) is 0 Å². The summed E-state index contributed by atoms with van der Waals surface area (Å²) in [5, 5.41) is 0. The Morgan fingerprint density at radius 3 is 2.55 bits per heavy atom. The number of halogens is 1. The van der Waals surface area contributed by atoms with Crippen LogP contribution < -0.4 is 0 Å². The summed E-state index contributed by atoms with van der Waals surface area (Å²) in [5.74, 6) is -0.131. The smallest absolute Gasteiger partial charge is 0.126 e. The van der Waals surface area contributed by atoms with Crippen molar-refractivity contribution in [3.63, 3.8) is 0 Å². The minimum absolute atomic E-state index is 0.131. The molecular formula is C10H11F. The normalized spacial score (nSPS) is 11.6. The molecule has 0 aliphatic rings. The highest BCUT2D eigenvalue weighted by Crippen LogP contribution is 2.14. The third-order valence-corrected chi connectivity index (χ3v) is 1.43. The molecule has 58 valence electrons. The van der Waals surface area contributed by atoms with E-state index >= 15 is 0 Å². The lowest BCUT2D eigenvalue weighted by Crippen LogP contribution is -1.74. The van der Waals surface area contributed by atoms with Gasteiger partial charge in [0.15, 0.2) is 0 Å². The molecule has 1 rings (SSSR count). The highest BCUT2D eigenvalue weighted by molar-refractivity contribution is 5.58. The Hall–Kier alpha value is -1.11. The first-order chi connectivity index (χ1) is 5.34. The maximum absolute atomic E-state index is 13.0. The third kappa shape index (κ3) is 2.19. The second-order valence-corrected chi connectivity index (χ2v) is 2.33. The Morgan fingerprint density at radius 1 is 1.36 bits per heavy atom. The summed E-state index contributed by atoms with van der Waals surface area (Å²) in [7, 11) is 0. The summed E-state index contributed by atoms with van der Waals surface area (Å²) < 4.78 is 13.0. The molecule has 0 aliphatic carbocycles. The monoisotopic (exact) mass is 150 g/mol. The fourth-order valence-corrected chi connectivity index (χ4v) is 0.894. The maximum atomic E-state index is 13.0. The zero-order valence-corrected chi connectivity index (χ0v) is 6.55. The number of hydrogen-bond acceptors (Lipinski definition) is 0. The van der Waals surface area contributed by atoms with Crippen molar-refractivity contribution in [2.75, 3.05) is 0 Å². The lowest BCUT2D eigenvalue weighted by atomic mass is 10.2. The topological polar surface area (TPSA) is 0 Å². The van der Waals surface area contributed by atoms with Crippen molar-refractivity contribution in [1.82, 2.24) is 0 Å². The van der Waals surface area contributed by atoms with E-state index in [1.54, 1.807) is 18.2 Å². The Morgan fingerprint density at radius 2 is 2.00 bits per heavy atom. The van der Waals surface area contributed by atoms with Crippen LogP contribution in [0, 0.1) is 0 Å². The quantitative estimate of drug-likeness (QED) is 0.606. The lowest BCUT2D eigenvalue weighted by molar-refractivity contribution is 0.755. The molecule has 11 heavy (non-hydrogen) atoms. The fourth-order valence-electron chi connectivity index (χ4n) is 0.894. The van der Waals surface area contributed by atoms with Crippen molar-refractivity contribution >= 4 is 5.83 Å². The maximum Gasteiger partial charge on any atom is 0.126 e. The van der Waals surface area contributed by atoms with Crippen LogP contribution in [0.5, 0.6) is 0 Å². The van der Waals surface area contributed by atoms with Gasteiger partial charge in [-0.1, -0.05) is 37.3 Å². The minimum atomic E-state index is -0.131. The van der Waals surface area contributed by atoms with Crippen LogP contribution in [0.25, 0.3) is 5.83 Å². The van der Waals surface area contributed by atoms with Gasteiger partial charge in [-0.2, -0.15) is 0 Å². The third-order valence-electron chi connectivity index (χ3n) is 1.43. The van der Waals surface area contributed by atoms with Crippen LogP contribution in [0.1, 0.15) is 18.9 Å². The first-order valence-electron chi connectivity index (χ1n) is 3.75. The van der Waals surface area contributed by atoms with Crippen molar-refractivity contribution in [1.29, 1.82) is 0 Å². The minimum Gasteiger partial charge on any atom is -0.207 e.